The van der Waals surface area contributed by atoms with Gasteiger partial charge in [-0.15, -0.1) is 0 Å². The van der Waals surface area contributed by atoms with Crippen molar-refractivity contribution in [2.45, 2.75) is 13.1 Å². The molecule has 1 N–H and O–H groups in total. The molecule has 3 aromatic rings. The first-order chi connectivity index (χ1) is 10.3. The third-order valence-corrected chi connectivity index (χ3v) is 3.71. The van der Waals surface area contributed by atoms with Crippen LogP contribution in [0.3, 0.4) is 0 Å². The van der Waals surface area contributed by atoms with E-state index in [4.69, 9.17) is 4.74 Å². The van der Waals surface area contributed by atoms with Crippen LogP contribution in [-0.2, 0) is 20.1 Å². The first kappa shape index (κ1) is 13.6. The molecule has 0 atom stereocenters. The molecule has 1 heterocycles. The van der Waals surface area contributed by atoms with Gasteiger partial charge in [0.15, 0.2) is 0 Å². The summed E-state index contributed by atoms with van der Waals surface area (Å²) in [6.07, 6.45) is 3.78. The summed E-state index contributed by atoms with van der Waals surface area (Å²) in [4.78, 5) is 4.32. The van der Waals surface area contributed by atoms with Crippen LogP contribution in [0.1, 0.15) is 11.4 Å². The molecule has 0 unspecified atom stereocenters. The molecule has 0 radical (unpaired) electrons. The SMILES string of the molecule is COc1ccc(CNCc2nccn2C)c2ccccc12. The fraction of sp³-hybridized carbons (Fsp3) is 0.235. The van der Waals surface area contributed by atoms with Crippen molar-refractivity contribution in [1.29, 1.82) is 0 Å². The second kappa shape index (κ2) is 5.97. The van der Waals surface area contributed by atoms with Crippen LogP contribution in [-0.4, -0.2) is 16.7 Å². The van der Waals surface area contributed by atoms with E-state index in [-0.39, 0.29) is 0 Å². The lowest BCUT2D eigenvalue weighted by Gasteiger charge is -2.11. The summed E-state index contributed by atoms with van der Waals surface area (Å²) < 4.78 is 7.45. The van der Waals surface area contributed by atoms with Crippen LogP contribution < -0.4 is 10.1 Å². The Morgan fingerprint density at radius 3 is 2.62 bits per heavy atom. The quantitative estimate of drug-likeness (QED) is 0.781. The first-order valence-corrected chi connectivity index (χ1v) is 7.01. The Morgan fingerprint density at radius 1 is 1.10 bits per heavy atom. The van der Waals surface area contributed by atoms with Gasteiger partial charge in [0.1, 0.15) is 11.6 Å². The van der Waals surface area contributed by atoms with Gasteiger partial charge >= 0.3 is 0 Å². The molecule has 0 saturated carbocycles. The van der Waals surface area contributed by atoms with Crippen molar-refractivity contribution in [2.75, 3.05) is 7.11 Å². The highest BCUT2D eigenvalue weighted by Gasteiger charge is 2.06. The second-order valence-corrected chi connectivity index (χ2v) is 5.03. The summed E-state index contributed by atoms with van der Waals surface area (Å²) in [5.74, 6) is 1.95. The van der Waals surface area contributed by atoms with Crippen LogP contribution in [0.25, 0.3) is 10.8 Å². The molecule has 21 heavy (non-hydrogen) atoms. The lowest BCUT2D eigenvalue weighted by Crippen LogP contribution is -2.15. The molecule has 0 amide bonds. The fourth-order valence-corrected chi connectivity index (χ4v) is 2.54. The smallest absolute Gasteiger partial charge is 0.126 e. The molecule has 0 aliphatic heterocycles. The highest BCUT2D eigenvalue weighted by Crippen LogP contribution is 2.28. The van der Waals surface area contributed by atoms with Gasteiger partial charge < -0.3 is 14.6 Å². The number of nitrogens with zero attached hydrogens (tertiary/aromatic N) is 2. The van der Waals surface area contributed by atoms with E-state index in [9.17, 15) is 0 Å². The zero-order valence-corrected chi connectivity index (χ0v) is 12.3. The Labute approximate surface area is 124 Å². The minimum Gasteiger partial charge on any atom is -0.496 e. The number of methoxy groups -OCH3 is 1. The lowest BCUT2D eigenvalue weighted by molar-refractivity contribution is 0.419. The summed E-state index contributed by atoms with van der Waals surface area (Å²) in [5, 5.41) is 5.83. The summed E-state index contributed by atoms with van der Waals surface area (Å²) >= 11 is 0. The van der Waals surface area contributed by atoms with Crippen molar-refractivity contribution in [3.05, 3.63) is 60.2 Å². The van der Waals surface area contributed by atoms with Gasteiger partial charge in [0.2, 0.25) is 0 Å². The van der Waals surface area contributed by atoms with Crippen molar-refractivity contribution in [3.63, 3.8) is 0 Å². The Hall–Kier alpha value is -2.33. The molecular formula is C17H19N3O. The molecule has 0 fully saturated rings. The van der Waals surface area contributed by atoms with Gasteiger partial charge in [-0.1, -0.05) is 30.3 Å². The molecule has 2 aromatic carbocycles. The monoisotopic (exact) mass is 281 g/mol. The van der Waals surface area contributed by atoms with E-state index in [1.165, 1.54) is 10.9 Å². The molecule has 4 heteroatoms. The van der Waals surface area contributed by atoms with Crippen LogP contribution >= 0.6 is 0 Å². The number of aromatic nitrogens is 2. The average molecular weight is 281 g/mol. The van der Waals surface area contributed by atoms with Gasteiger partial charge in [-0.25, -0.2) is 4.98 Å². The Kier molecular flexibility index (Phi) is 3.88. The molecule has 0 saturated heterocycles. The molecular weight excluding hydrogens is 262 g/mol. The molecule has 0 bridgehead atoms. The standard InChI is InChI=1S/C17H19N3O/c1-20-10-9-19-17(20)12-18-11-13-7-8-16(21-2)15-6-4-3-5-14(13)15/h3-10,18H,11-12H2,1-2H3. The molecule has 4 nitrogen and oxygen atoms in total. The highest BCUT2D eigenvalue weighted by atomic mass is 16.5. The maximum atomic E-state index is 5.43. The van der Waals surface area contributed by atoms with E-state index in [0.29, 0.717) is 0 Å². The van der Waals surface area contributed by atoms with Crippen LogP contribution in [0.4, 0.5) is 0 Å². The zero-order chi connectivity index (χ0) is 14.7. The minimum atomic E-state index is 0.754. The number of fused-ring (bicyclic) bond motifs is 1. The number of aryl methyl sites for hydroxylation is 1. The summed E-state index contributed by atoms with van der Waals surface area (Å²) in [7, 11) is 3.72. The van der Waals surface area contributed by atoms with Crippen molar-refractivity contribution >= 4 is 10.8 Å². The fourth-order valence-electron chi connectivity index (χ4n) is 2.54. The van der Waals surface area contributed by atoms with E-state index in [1.807, 2.05) is 36.1 Å². The van der Waals surface area contributed by atoms with E-state index >= 15 is 0 Å². The van der Waals surface area contributed by atoms with Crippen molar-refractivity contribution < 1.29 is 4.74 Å². The Bertz CT molecular complexity index is 749. The maximum Gasteiger partial charge on any atom is 0.126 e. The molecule has 0 spiro atoms. The predicted molar refractivity (Wildman–Crippen MR) is 84.3 cm³/mol. The number of imidazole rings is 1. The summed E-state index contributed by atoms with van der Waals surface area (Å²) in [6, 6.07) is 12.5. The first-order valence-electron chi connectivity index (χ1n) is 7.01. The van der Waals surface area contributed by atoms with Crippen molar-refractivity contribution in [1.82, 2.24) is 14.9 Å². The molecule has 108 valence electrons. The van der Waals surface area contributed by atoms with E-state index < -0.39 is 0 Å². The zero-order valence-electron chi connectivity index (χ0n) is 12.3. The number of ether oxygens (including phenoxy) is 1. The van der Waals surface area contributed by atoms with E-state index in [1.54, 1.807) is 7.11 Å². The number of benzene rings is 2. The van der Waals surface area contributed by atoms with Gasteiger partial charge in [-0.2, -0.15) is 0 Å². The number of hydrogen-bond acceptors (Lipinski definition) is 3. The number of hydrogen-bond donors (Lipinski definition) is 1. The van der Waals surface area contributed by atoms with Gasteiger partial charge in [-0.05, 0) is 17.0 Å². The molecule has 0 aliphatic carbocycles. The lowest BCUT2D eigenvalue weighted by atomic mass is 10.0. The van der Waals surface area contributed by atoms with Crippen LogP contribution in [0, 0.1) is 0 Å². The minimum absolute atomic E-state index is 0.754. The Morgan fingerprint density at radius 2 is 1.90 bits per heavy atom. The summed E-state index contributed by atoms with van der Waals surface area (Å²) in [6.45, 7) is 1.56. The van der Waals surface area contributed by atoms with Gasteiger partial charge in [0, 0.05) is 31.4 Å². The summed E-state index contributed by atoms with van der Waals surface area (Å²) in [5.41, 5.74) is 1.26. The van der Waals surface area contributed by atoms with E-state index in [2.05, 4.69) is 34.6 Å². The largest absolute Gasteiger partial charge is 0.496 e. The van der Waals surface area contributed by atoms with Crippen molar-refractivity contribution in [3.8, 4) is 5.75 Å². The predicted octanol–water partition coefficient (Wildman–Crippen LogP) is 2.87. The third kappa shape index (κ3) is 2.76. The topological polar surface area (TPSA) is 39.1 Å². The van der Waals surface area contributed by atoms with Gasteiger partial charge in [0.05, 0.1) is 13.7 Å². The Balaban J connectivity index is 1.80. The van der Waals surface area contributed by atoms with Crippen molar-refractivity contribution in [2.24, 2.45) is 7.05 Å². The van der Waals surface area contributed by atoms with Crippen LogP contribution in [0.2, 0.25) is 0 Å². The maximum absolute atomic E-state index is 5.43. The van der Waals surface area contributed by atoms with Gasteiger partial charge in [0.25, 0.3) is 0 Å². The van der Waals surface area contributed by atoms with Crippen LogP contribution in [0.5, 0.6) is 5.75 Å². The van der Waals surface area contributed by atoms with Crippen LogP contribution in [0.15, 0.2) is 48.8 Å². The number of nitrogens with one attached hydrogen (secondary N) is 1. The van der Waals surface area contributed by atoms with E-state index in [0.717, 1.165) is 30.0 Å². The highest BCUT2D eigenvalue weighted by molar-refractivity contribution is 5.91. The third-order valence-electron chi connectivity index (χ3n) is 3.71. The molecule has 1 aromatic heterocycles. The van der Waals surface area contributed by atoms with Gasteiger partial charge in [-0.3, -0.25) is 0 Å². The normalized spacial score (nSPS) is 11.0. The average Bonchev–Trinajstić information content (AvgIpc) is 2.93. The molecule has 0 aliphatic rings. The second-order valence-electron chi connectivity index (χ2n) is 5.03. The molecule has 3 rings (SSSR count). The number of rotatable bonds is 5.